The first-order chi connectivity index (χ1) is 10.8. The third kappa shape index (κ3) is 6.65. The summed E-state index contributed by atoms with van der Waals surface area (Å²) in [5.41, 5.74) is 1.27. The molecule has 0 aliphatic carbocycles. The van der Waals surface area contributed by atoms with Crippen LogP contribution in [0.5, 0.6) is 0 Å². The third-order valence-corrected chi connectivity index (χ3v) is 3.98. The summed E-state index contributed by atoms with van der Waals surface area (Å²) in [6.07, 6.45) is -0.396. The number of halogens is 2. The van der Waals surface area contributed by atoms with Crippen molar-refractivity contribution < 1.29 is 23.4 Å². The first kappa shape index (κ1) is 19.6. The molecule has 23 heavy (non-hydrogen) atoms. The first-order valence-corrected chi connectivity index (χ1v) is 8.08. The number of ether oxygens (including phenoxy) is 1. The van der Waals surface area contributed by atoms with Crippen molar-refractivity contribution in [2.75, 3.05) is 6.61 Å². The van der Waals surface area contributed by atoms with Crippen LogP contribution >= 0.6 is 0 Å². The highest BCUT2D eigenvalue weighted by molar-refractivity contribution is 5.87. The largest absolute Gasteiger partial charge is 0.478 e. The fourth-order valence-corrected chi connectivity index (χ4v) is 2.75. The van der Waals surface area contributed by atoms with Crippen molar-refractivity contribution in [3.8, 4) is 0 Å². The van der Waals surface area contributed by atoms with Gasteiger partial charge in [-0.3, -0.25) is 0 Å². The molecule has 130 valence electrons. The topological polar surface area (TPSA) is 46.5 Å². The summed E-state index contributed by atoms with van der Waals surface area (Å²) in [4.78, 5) is 10.9. The molecular weight excluding hydrogens is 302 g/mol. The smallest absolute Gasteiger partial charge is 0.335 e. The highest BCUT2D eigenvalue weighted by Gasteiger charge is 2.22. The normalized spacial score (nSPS) is 14.2. The van der Waals surface area contributed by atoms with Crippen LogP contribution in [-0.2, 0) is 4.74 Å². The number of aromatic carboxylic acids is 1. The number of alkyl halides is 2. The molecule has 0 saturated carbocycles. The lowest BCUT2D eigenvalue weighted by Gasteiger charge is -2.27. The lowest BCUT2D eigenvalue weighted by Crippen LogP contribution is -2.22. The molecule has 0 amide bonds. The SMILES string of the molecule is CCCC(C[C@@H](c1ccc(C(=O)O)cc1)C(C)C)OCC(F)F. The van der Waals surface area contributed by atoms with Crippen LogP contribution < -0.4 is 0 Å². The Morgan fingerprint density at radius 1 is 1.22 bits per heavy atom. The first-order valence-electron chi connectivity index (χ1n) is 8.08. The quantitative estimate of drug-likeness (QED) is 0.660. The van der Waals surface area contributed by atoms with Gasteiger partial charge in [-0.25, -0.2) is 13.6 Å². The molecule has 5 heteroatoms. The summed E-state index contributed by atoms with van der Waals surface area (Å²) < 4.78 is 30.2. The molecule has 0 radical (unpaired) electrons. The molecule has 0 heterocycles. The van der Waals surface area contributed by atoms with Crippen LogP contribution in [0, 0.1) is 5.92 Å². The molecule has 0 aliphatic heterocycles. The highest BCUT2D eigenvalue weighted by Crippen LogP contribution is 2.31. The zero-order chi connectivity index (χ0) is 17.4. The van der Waals surface area contributed by atoms with Gasteiger partial charge in [0.05, 0.1) is 11.7 Å². The molecule has 0 spiro atoms. The lowest BCUT2D eigenvalue weighted by molar-refractivity contribution is -0.0338. The van der Waals surface area contributed by atoms with E-state index in [4.69, 9.17) is 9.84 Å². The van der Waals surface area contributed by atoms with E-state index >= 15 is 0 Å². The van der Waals surface area contributed by atoms with Crippen LogP contribution in [0.2, 0.25) is 0 Å². The molecule has 0 aromatic heterocycles. The highest BCUT2D eigenvalue weighted by atomic mass is 19.3. The van der Waals surface area contributed by atoms with E-state index in [1.54, 1.807) is 12.1 Å². The van der Waals surface area contributed by atoms with Crippen molar-refractivity contribution in [2.45, 2.75) is 58.5 Å². The van der Waals surface area contributed by atoms with Crippen molar-refractivity contribution in [1.29, 1.82) is 0 Å². The molecule has 1 N–H and O–H groups in total. The van der Waals surface area contributed by atoms with Gasteiger partial charge in [0.15, 0.2) is 0 Å². The fraction of sp³-hybridized carbons (Fsp3) is 0.611. The molecule has 1 aromatic rings. The van der Waals surface area contributed by atoms with Gasteiger partial charge in [0.25, 0.3) is 6.43 Å². The van der Waals surface area contributed by atoms with Gasteiger partial charge in [0.2, 0.25) is 0 Å². The molecule has 0 bridgehead atoms. The Hall–Kier alpha value is -1.49. The van der Waals surface area contributed by atoms with E-state index in [-0.39, 0.29) is 17.6 Å². The standard InChI is InChI=1S/C18H26F2O3/c1-4-5-15(23-11-17(19)20)10-16(12(2)3)13-6-8-14(9-7-13)18(21)22/h6-9,12,15-17H,4-5,10-11H2,1-3H3,(H,21,22)/t15?,16-/m1/s1. The number of carboxylic acid groups (broad SMARTS) is 1. The number of benzene rings is 1. The van der Waals surface area contributed by atoms with Gasteiger partial charge in [-0.15, -0.1) is 0 Å². The van der Waals surface area contributed by atoms with E-state index in [2.05, 4.69) is 13.8 Å². The third-order valence-electron chi connectivity index (χ3n) is 3.98. The molecular formula is C18H26F2O3. The van der Waals surface area contributed by atoms with Crippen molar-refractivity contribution in [2.24, 2.45) is 5.92 Å². The van der Waals surface area contributed by atoms with Gasteiger partial charge in [-0.2, -0.15) is 0 Å². The summed E-state index contributed by atoms with van der Waals surface area (Å²) in [5.74, 6) is -0.506. The zero-order valence-electron chi connectivity index (χ0n) is 14.0. The van der Waals surface area contributed by atoms with Crippen molar-refractivity contribution in [3.05, 3.63) is 35.4 Å². The van der Waals surface area contributed by atoms with E-state index < -0.39 is 19.0 Å². The lowest BCUT2D eigenvalue weighted by atomic mass is 9.83. The Morgan fingerprint density at radius 3 is 2.26 bits per heavy atom. The van der Waals surface area contributed by atoms with Gasteiger partial charge < -0.3 is 9.84 Å². The minimum absolute atomic E-state index is 0.145. The predicted octanol–water partition coefficient (Wildman–Crippen LogP) is 4.96. The number of hydrogen-bond acceptors (Lipinski definition) is 2. The number of rotatable bonds is 10. The van der Waals surface area contributed by atoms with Crippen molar-refractivity contribution >= 4 is 5.97 Å². The van der Waals surface area contributed by atoms with Crippen LogP contribution in [0.3, 0.4) is 0 Å². The molecule has 0 saturated heterocycles. The Kier molecular flexibility index (Phi) is 8.17. The molecule has 1 rings (SSSR count). The van der Waals surface area contributed by atoms with Gasteiger partial charge in [-0.1, -0.05) is 39.3 Å². The van der Waals surface area contributed by atoms with E-state index in [0.29, 0.717) is 12.3 Å². The Morgan fingerprint density at radius 2 is 1.83 bits per heavy atom. The molecule has 0 aliphatic rings. The summed E-state index contributed by atoms with van der Waals surface area (Å²) >= 11 is 0. The average molecular weight is 328 g/mol. The Labute approximate surface area is 136 Å². The summed E-state index contributed by atoms with van der Waals surface area (Å²) in [5, 5.41) is 8.97. The van der Waals surface area contributed by atoms with Crippen molar-refractivity contribution in [1.82, 2.24) is 0 Å². The van der Waals surface area contributed by atoms with Crippen LogP contribution in [0.25, 0.3) is 0 Å². The van der Waals surface area contributed by atoms with E-state index in [0.717, 1.165) is 18.4 Å². The average Bonchev–Trinajstić information content (AvgIpc) is 2.49. The van der Waals surface area contributed by atoms with Crippen LogP contribution in [0.1, 0.15) is 61.9 Å². The monoisotopic (exact) mass is 328 g/mol. The van der Waals surface area contributed by atoms with Crippen LogP contribution in [0.4, 0.5) is 8.78 Å². The summed E-state index contributed by atoms with van der Waals surface area (Å²) in [6.45, 7) is 5.62. The molecule has 1 aromatic carbocycles. The van der Waals surface area contributed by atoms with Gasteiger partial charge in [0.1, 0.15) is 6.61 Å². The maximum absolute atomic E-state index is 12.4. The zero-order valence-corrected chi connectivity index (χ0v) is 14.0. The Balaban J connectivity index is 2.84. The molecule has 1 unspecified atom stereocenters. The van der Waals surface area contributed by atoms with Gasteiger partial charge in [0, 0.05) is 0 Å². The van der Waals surface area contributed by atoms with E-state index in [1.807, 2.05) is 19.1 Å². The second-order valence-corrected chi connectivity index (χ2v) is 6.15. The summed E-state index contributed by atoms with van der Waals surface area (Å²) in [7, 11) is 0. The Bertz CT molecular complexity index is 472. The maximum atomic E-state index is 12.4. The number of carboxylic acids is 1. The summed E-state index contributed by atoms with van der Waals surface area (Å²) in [6, 6.07) is 6.79. The fourth-order valence-electron chi connectivity index (χ4n) is 2.75. The molecule has 3 nitrogen and oxygen atoms in total. The van der Waals surface area contributed by atoms with E-state index in [1.165, 1.54) is 0 Å². The maximum Gasteiger partial charge on any atom is 0.335 e. The number of hydrogen-bond donors (Lipinski definition) is 1. The second kappa shape index (κ2) is 9.60. The predicted molar refractivity (Wildman–Crippen MR) is 86.2 cm³/mol. The number of carbonyl (C=O) groups is 1. The van der Waals surface area contributed by atoms with Gasteiger partial charge in [-0.05, 0) is 42.4 Å². The van der Waals surface area contributed by atoms with Crippen molar-refractivity contribution in [3.63, 3.8) is 0 Å². The molecule has 0 fully saturated rings. The minimum Gasteiger partial charge on any atom is -0.478 e. The second-order valence-electron chi connectivity index (χ2n) is 6.15. The van der Waals surface area contributed by atoms with E-state index in [9.17, 15) is 13.6 Å². The van der Waals surface area contributed by atoms with Gasteiger partial charge >= 0.3 is 5.97 Å². The van der Waals surface area contributed by atoms with Crippen LogP contribution in [-0.4, -0.2) is 30.2 Å². The van der Waals surface area contributed by atoms with Crippen LogP contribution in [0.15, 0.2) is 24.3 Å². The molecule has 2 atom stereocenters. The minimum atomic E-state index is -2.46.